The van der Waals surface area contributed by atoms with Crippen LogP contribution in [0.5, 0.6) is 5.75 Å². The number of anilines is 1. The summed E-state index contributed by atoms with van der Waals surface area (Å²) in [7, 11) is 0. The number of rotatable bonds is 4. The molecular formula is C15H20N2O2. The van der Waals surface area contributed by atoms with Gasteiger partial charge in [-0.1, -0.05) is 12.1 Å². The summed E-state index contributed by atoms with van der Waals surface area (Å²) in [5.41, 5.74) is 6.41. The van der Waals surface area contributed by atoms with Crippen LogP contribution in [0.2, 0.25) is 0 Å². The molecule has 1 aromatic rings. The second-order valence-corrected chi connectivity index (χ2v) is 5.52. The minimum Gasteiger partial charge on any atom is -0.491 e. The molecule has 3 rings (SSSR count). The molecule has 1 amide bonds. The van der Waals surface area contributed by atoms with E-state index in [1.165, 1.54) is 19.3 Å². The Hall–Kier alpha value is -1.71. The van der Waals surface area contributed by atoms with E-state index in [0.29, 0.717) is 30.5 Å². The molecule has 2 unspecified atom stereocenters. The summed E-state index contributed by atoms with van der Waals surface area (Å²) in [6.07, 6.45) is 4.13. The smallest absolute Gasteiger partial charge is 0.226 e. The van der Waals surface area contributed by atoms with Crippen molar-refractivity contribution in [1.29, 1.82) is 0 Å². The first-order chi connectivity index (χ1) is 9.24. The van der Waals surface area contributed by atoms with Crippen molar-refractivity contribution in [2.24, 2.45) is 5.92 Å². The first-order valence-corrected chi connectivity index (χ1v) is 7.01. The van der Waals surface area contributed by atoms with Crippen LogP contribution in [0, 0.1) is 5.92 Å². The molecule has 2 N–H and O–H groups in total. The Bertz CT molecular complexity index is 475. The molecule has 2 fully saturated rings. The van der Waals surface area contributed by atoms with Crippen LogP contribution in [0.25, 0.3) is 0 Å². The van der Waals surface area contributed by atoms with Crippen molar-refractivity contribution < 1.29 is 9.53 Å². The van der Waals surface area contributed by atoms with Gasteiger partial charge in [0.2, 0.25) is 5.91 Å². The molecule has 1 aromatic carbocycles. The minimum absolute atomic E-state index is 0.224. The van der Waals surface area contributed by atoms with Crippen LogP contribution in [0.1, 0.15) is 25.7 Å². The van der Waals surface area contributed by atoms with Gasteiger partial charge in [0.15, 0.2) is 0 Å². The Kier molecular flexibility index (Phi) is 3.32. The molecule has 102 valence electrons. The number of nitrogen functional groups attached to an aromatic ring is 1. The number of nitrogens with two attached hydrogens (primary N) is 1. The van der Waals surface area contributed by atoms with E-state index in [1.807, 2.05) is 23.1 Å². The maximum absolute atomic E-state index is 12.1. The number of fused-ring (bicyclic) bond motifs is 2. The number of likely N-dealkylation sites (tertiary alicyclic amines) is 1. The van der Waals surface area contributed by atoms with E-state index >= 15 is 0 Å². The summed E-state index contributed by atoms with van der Waals surface area (Å²) >= 11 is 0. The number of nitrogens with zero attached hydrogens (tertiary/aromatic N) is 1. The molecule has 0 aromatic heterocycles. The van der Waals surface area contributed by atoms with Gasteiger partial charge in [0.05, 0.1) is 18.7 Å². The molecule has 1 heterocycles. The average Bonchev–Trinajstić information content (AvgIpc) is 3.03. The van der Waals surface area contributed by atoms with Crippen molar-refractivity contribution >= 4 is 11.6 Å². The molecule has 1 saturated carbocycles. The van der Waals surface area contributed by atoms with Crippen molar-refractivity contribution in [1.82, 2.24) is 4.90 Å². The second kappa shape index (κ2) is 5.11. The van der Waals surface area contributed by atoms with Crippen LogP contribution in [-0.4, -0.2) is 30.0 Å². The Labute approximate surface area is 113 Å². The van der Waals surface area contributed by atoms with E-state index in [4.69, 9.17) is 10.5 Å². The van der Waals surface area contributed by atoms with E-state index in [9.17, 15) is 4.79 Å². The Morgan fingerprint density at radius 3 is 2.89 bits per heavy atom. The Morgan fingerprint density at radius 1 is 1.37 bits per heavy atom. The first-order valence-electron chi connectivity index (χ1n) is 7.01. The third kappa shape index (κ3) is 2.53. The summed E-state index contributed by atoms with van der Waals surface area (Å²) in [6, 6.07) is 7.88. The lowest BCUT2D eigenvalue weighted by atomic mass is 10.1. The van der Waals surface area contributed by atoms with Crippen LogP contribution in [0.3, 0.4) is 0 Å². The van der Waals surface area contributed by atoms with Gasteiger partial charge in [-0.3, -0.25) is 4.79 Å². The Morgan fingerprint density at radius 2 is 2.21 bits per heavy atom. The zero-order valence-electron chi connectivity index (χ0n) is 11.0. The monoisotopic (exact) mass is 260 g/mol. The van der Waals surface area contributed by atoms with Gasteiger partial charge in [-0.25, -0.2) is 0 Å². The largest absolute Gasteiger partial charge is 0.491 e. The Balaban J connectivity index is 1.48. The molecule has 2 aliphatic rings. The normalized spacial score (nSPS) is 24.7. The standard InChI is InChI=1S/C15H20N2O2/c16-13-3-1-2-4-14(13)19-8-7-15(18)17-10-11-5-6-12(17)9-11/h1-4,11-12H,5-10,16H2. The fraction of sp³-hybridized carbons (Fsp3) is 0.533. The lowest BCUT2D eigenvalue weighted by Crippen LogP contribution is -2.38. The van der Waals surface area contributed by atoms with Gasteiger partial charge in [0, 0.05) is 12.6 Å². The highest BCUT2D eigenvalue weighted by Gasteiger charge is 2.39. The number of hydrogen-bond acceptors (Lipinski definition) is 3. The van der Waals surface area contributed by atoms with Crippen molar-refractivity contribution in [3.8, 4) is 5.75 Å². The summed E-state index contributed by atoms with van der Waals surface area (Å²) in [5.74, 6) is 1.64. The summed E-state index contributed by atoms with van der Waals surface area (Å²) in [4.78, 5) is 14.2. The zero-order chi connectivity index (χ0) is 13.2. The van der Waals surface area contributed by atoms with Gasteiger partial charge in [-0.05, 0) is 37.3 Å². The molecule has 1 aliphatic heterocycles. The molecule has 1 aliphatic carbocycles. The van der Waals surface area contributed by atoms with E-state index in [1.54, 1.807) is 6.07 Å². The average molecular weight is 260 g/mol. The molecule has 4 nitrogen and oxygen atoms in total. The fourth-order valence-corrected chi connectivity index (χ4v) is 3.23. The van der Waals surface area contributed by atoms with Crippen LogP contribution >= 0.6 is 0 Å². The summed E-state index contributed by atoms with van der Waals surface area (Å²) in [6.45, 7) is 1.36. The summed E-state index contributed by atoms with van der Waals surface area (Å²) in [5, 5.41) is 0. The number of amides is 1. The number of piperidine rings is 1. The molecule has 0 radical (unpaired) electrons. The predicted octanol–water partition coefficient (Wildman–Crippen LogP) is 2.05. The molecule has 2 bridgehead atoms. The fourth-order valence-electron chi connectivity index (χ4n) is 3.23. The third-order valence-electron chi connectivity index (χ3n) is 4.22. The molecule has 2 atom stereocenters. The van der Waals surface area contributed by atoms with Crippen molar-refractivity contribution in [2.45, 2.75) is 31.7 Å². The predicted molar refractivity (Wildman–Crippen MR) is 73.8 cm³/mol. The van der Waals surface area contributed by atoms with Gasteiger partial charge < -0.3 is 15.4 Å². The van der Waals surface area contributed by atoms with Crippen molar-refractivity contribution in [2.75, 3.05) is 18.9 Å². The molecule has 1 saturated heterocycles. The highest BCUT2D eigenvalue weighted by atomic mass is 16.5. The van der Waals surface area contributed by atoms with Crippen LogP contribution in [0.4, 0.5) is 5.69 Å². The van der Waals surface area contributed by atoms with Crippen molar-refractivity contribution in [3.05, 3.63) is 24.3 Å². The van der Waals surface area contributed by atoms with Crippen molar-refractivity contribution in [3.63, 3.8) is 0 Å². The van der Waals surface area contributed by atoms with Crippen LogP contribution in [-0.2, 0) is 4.79 Å². The minimum atomic E-state index is 0.224. The van der Waals surface area contributed by atoms with Gasteiger partial charge in [-0.2, -0.15) is 0 Å². The summed E-state index contributed by atoms with van der Waals surface area (Å²) < 4.78 is 5.57. The molecular weight excluding hydrogens is 240 g/mol. The van der Waals surface area contributed by atoms with Gasteiger partial charge in [0.25, 0.3) is 0 Å². The lowest BCUT2D eigenvalue weighted by molar-refractivity contribution is -0.133. The molecule has 0 spiro atoms. The maximum atomic E-state index is 12.1. The SMILES string of the molecule is Nc1ccccc1OCCC(=O)N1CC2CCC1C2. The zero-order valence-corrected chi connectivity index (χ0v) is 11.0. The second-order valence-electron chi connectivity index (χ2n) is 5.52. The van der Waals surface area contributed by atoms with E-state index in [-0.39, 0.29) is 5.91 Å². The van der Waals surface area contributed by atoms with Gasteiger partial charge in [-0.15, -0.1) is 0 Å². The highest BCUT2D eigenvalue weighted by Crippen LogP contribution is 2.37. The topological polar surface area (TPSA) is 55.6 Å². The lowest BCUT2D eigenvalue weighted by Gasteiger charge is -2.27. The third-order valence-corrected chi connectivity index (χ3v) is 4.22. The number of para-hydroxylation sites is 2. The first kappa shape index (κ1) is 12.3. The van der Waals surface area contributed by atoms with E-state index < -0.39 is 0 Å². The number of ether oxygens (including phenoxy) is 1. The highest BCUT2D eigenvalue weighted by molar-refractivity contribution is 5.77. The quantitative estimate of drug-likeness (QED) is 0.843. The van der Waals surface area contributed by atoms with Gasteiger partial charge in [0.1, 0.15) is 5.75 Å². The van der Waals surface area contributed by atoms with E-state index in [2.05, 4.69) is 0 Å². The van der Waals surface area contributed by atoms with Crippen LogP contribution in [0.15, 0.2) is 24.3 Å². The molecule has 4 heteroatoms. The number of hydrogen-bond donors (Lipinski definition) is 1. The molecule has 19 heavy (non-hydrogen) atoms. The number of carbonyl (C=O) groups excluding carboxylic acids is 1. The van der Waals surface area contributed by atoms with Gasteiger partial charge >= 0.3 is 0 Å². The van der Waals surface area contributed by atoms with E-state index in [0.717, 1.165) is 12.5 Å². The van der Waals surface area contributed by atoms with Crippen LogP contribution < -0.4 is 10.5 Å². The number of benzene rings is 1. The number of carbonyl (C=O) groups is 1. The maximum Gasteiger partial charge on any atom is 0.226 e.